The molecule has 3 heterocycles. The Labute approximate surface area is 170 Å². The second kappa shape index (κ2) is 7.44. The van der Waals surface area contributed by atoms with Crippen molar-refractivity contribution in [1.82, 2.24) is 18.9 Å². The predicted octanol–water partition coefficient (Wildman–Crippen LogP) is 4.50. The number of fused-ring (bicyclic) bond motifs is 1. The molecule has 0 spiro atoms. The third-order valence-electron chi connectivity index (χ3n) is 4.28. The maximum atomic E-state index is 14.6. The zero-order valence-electron chi connectivity index (χ0n) is 15.7. The fourth-order valence-corrected chi connectivity index (χ4v) is 3.47. The molecule has 9 heteroatoms. The Hall–Kier alpha value is -3.59. The van der Waals surface area contributed by atoms with Crippen molar-refractivity contribution in [2.45, 2.75) is 13.8 Å². The number of carbonyl (C=O) groups is 1. The van der Waals surface area contributed by atoms with E-state index >= 15 is 0 Å². The second-order valence-electron chi connectivity index (χ2n) is 6.42. The average Bonchev–Trinajstić information content (AvgIpc) is 3.26. The van der Waals surface area contributed by atoms with Gasteiger partial charge >= 0.3 is 0 Å². The van der Waals surface area contributed by atoms with Crippen molar-refractivity contribution in [1.29, 1.82) is 0 Å². The lowest BCUT2D eigenvalue weighted by Crippen LogP contribution is -2.07. The molecule has 1 aromatic carbocycles. The van der Waals surface area contributed by atoms with E-state index in [4.69, 9.17) is 0 Å². The molecule has 3 aromatic heterocycles. The maximum absolute atomic E-state index is 14.6. The van der Waals surface area contributed by atoms with E-state index in [2.05, 4.69) is 31.6 Å². The molecule has 0 saturated carbocycles. The van der Waals surface area contributed by atoms with Gasteiger partial charge in [-0.05, 0) is 61.3 Å². The number of hydrogen-bond acceptors (Lipinski definition) is 6. The molecule has 0 bridgehead atoms. The minimum atomic E-state index is -0.550. The molecule has 4 aromatic rings. The minimum Gasteiger partial charge on any atom is -0.323 e. The largest absolute Gasteiger partial charge is 0.323 e. The summed E-state index contributed by atoms with van der Waals surface area (Å²) in [6.45, 7) is 7.30. The molecular weight excluding hydrogens is 391 g/mol. The lowest BCUT2D eigenvalue weighted by molar-refractivity contribution is -0.111. The first kappa shape index (κ1) is 18.8. The summed E-state index contributed by atoms with van der Waals surface area (Å²) in [6.07, 6.45) is 4.13. The van der Waals surface area contributed by atoms with E-state index in [9.17, 15) is 9.18 Å². The number of anilines is 3. The summed E-state index contributed by atoms with van der Waals surface area (Å²) >= 11 is 1.36. The number of halogens is 1. The van der Waals surface area contributed by atoms with E-state index in [0.717, 1.165) is 27.5 Å². The summed E-state index contributed by atoms with van der Waals surface area (Å²) in [5, 5.41) is 6.59. The summed E-state index contributed by atoms with van der Waals surface area (Å²) in [5.41, 5.74) is 2.30. The van der Waals surface area contributed by atoms with Crippen LogP contribution in [0.25, 0.3) is 16.7 Å². The maximum Gasteiger partial charge on any atom is 0.247 e. The molecule has 0 unspecified atom stereocenters. The smallest absolute Gasteiger partial charge is 0.247 e. The van der Waals surface area contributed by atoms with Gasteiger partial charge in [-0.3, -0.25) is 9.36 Å². The number of nitrogens with one attached hydrogen (secondary N) is 2. The molecular formula is C20H17FN6OS. The number of hydrogen-bond donors (Lipinski definition) is 2. The topological polar surface area (TPSA) is 84.7 Å². The Balaban J connectivity index is 1.74. The van der Waals surface area contributed by atoms with E-state index in [1.165, 1.54) is 17.6 Å². The highest BCUT2D eigenvalue weighted by Gasteiger charge is 2.15. The van der Waals surface area contributed by atoms with Crippen LogP contribution >= 0.6 is 11.5 Å². The molecule has 0 radical (unpaired) electrons. The van der Waals surface area contributed by atoms with Gasteiger partial charge in [0.15, 0.2) is 11.6 Å². The third kappa shape index (κ3) is 3.72. The summed E-state index contributed by atoms with van der Waals surface area (Å²) in [7, 11) is 0. The van der Waals surface area contributed by atoms with Crippen LogP contribution in [0.3, 0.4) is 0 Å². The van der Waals surface area contributed by atoms with Gasteiger partial charge in [-0.2, -0.15) is 9.36 Å². The Morgan fingerprint density at radius 3 is 2.86 bits per heavy atom. The van der Waals surface area contributed by atoms with Crippen molar-refractivity contribution in [2.75, 3.05) is 10.6 Å². The normalized spacial score (nSPS) is 10.9. The first-order valence-corrected chi connectivity index (χ1v) is 9.50. The quantitative estimate of drug-likeness (QED) is 0.475. The number of aromatic nitrogens is 4. The van der Waals surface area contributed by atoms with Crippen molar-refractivity contribution in [3.63, 3.8) is 0 Å². The second-order valence-corrected chi connectivity index (χ2v) is 7.43. The molecule has 0 saturated heterocycles. The molecule has 0 atom stereocenters. The minimum absolute atomic E-state index is 0.121. The molecule has 4 rings (SSSR count). The molecule has 0 aliphatic heterocycles. The van der Waals surface area contributed by atoms with Crippen LogP contribution in [0.5, 0.6) is 0 Å². The lowest BCUT2D eigenvalue weighted by Gasteiger charge is -2.09. The Morgan fingerprint density at radius 2 is 2.14 bits per heavy atom. The van der Waals surface area contributed by atoms with Gasteiger partial charge < -0.3 is 10.6 Å². The number of aryl methyl sites for hydroxylation is 2. The van der Waals surface area contributed by atoms with E-state index in [0.29, 0.717) is 11.5 Å². The molecule has 146 valence electrons. The number of carbonyl (C=O) groups excluding carboxylic acids is 1. The van der Waals surface area contributed by atoms with Gasteiger partial charge in [0.05, 0.1) is 11.7 Å². The Morgan fingerprint density at radius 1 is 1.31 bits per heavy atom. The van der Waals surface area contributed by atoms with Crippen LogP contribution in [-0.2, 0) is 4.79 Å². The van der Waals surface area contributed by atoms with Crippen LogP contribution in [0.2, 0.25) is 0 Å². The van der Waals surface area contributed by atoms with Crippen molar-refractivity contribution >= 4 is 45.8 Å². The zero-order valence-corrected chi connectivity index (χ0v) is 16.5. The average molecular weight is 408 g/mol. The van der Waals surface area contributed by atoms with Crippen LogP contribution in [0.4, 0.5) is 21.8 Å². The van der Waals surface area contributed by atoms with Crippen LogP contribution in [0, 0.1) is 19.7 Å². The molecule has 29 heavy (non-hydrogen) atoms. The highest BCUT2D eigenvalue weighted by molar-refractivity contribution is 7.06. The van der Waals surface area contributed by atoms with Gasteiger partial charge in [-0.25, -0.2) is 9.37 Å². The molecule has 0 aliphatic carbocycles. The van der Waals surface area contributed by atoms with Gasteiger partial charge in [-0.1, -0.05) is 6.58 Å². The monoisotopic (exact) mass is 408 g/mol. The van der Waals surface area contributed by atoms with Gasteiger partial charge in [0.2, 0.25) is 11.9 Å². The van der Waals surface area contributed by atoms with Gasteiger partial charge in [-0.15, -0.1) is 0 Å². The zero-order chi connectivity index (χ0) is 20.5. The van der Waals surface area contributed by atoms with Crippen molar-refractivity contribution in [3.8, 4) is 5.82 Å². The predicted molar refractivity (Wildman–Crippen MR) is 113 cm³/mol. The van der Waals surface area contributed by atoms with Crippen LogP contribution in [0.1, 0.15) is 10.4 Å². The summed E-state index contributed by atoms with van der Waals surface area (Å²) < 4.78 is 20.5. The molecule has 1 amide bonds. The molecule has 7 nitrogen and oxygen atoms in total. The molecule has 2 N–H and O–H groups in total. The van der Waals surface area contributed by atoms with Crippen LogP contribution < -0.4 is 10.6 Å². The first-order valence-electron chi connectivity index (χ1n) is 8.73. The standard InChI is InChI=1S/C20H17FN6OS/c1-4-18(28)23-13-5-6-16-14(8-13)11(2)10-27(16)19-15(21)9-22-20(25-19)24-17-7-12(3)29-26-17/h4-10H,1H2,2-3H3,(H,23,28)(H,22,24,25,26). The van der Waals surface area contributed by atoms with Gasteiger partial charge in [0.25, 0.3) is 0 Å². The lowest BCUT2D eigenvalue weighted by atomic mass is 10.2. The number of benzene rings is 1. The van der Waals surface area contributed by atoms with Crippen molar-refractivity contribution < 1.29 is 9.18 Å². The Kier molecular flexibility index (Phi) is 4.81. The van der Waals surface area contributed by atoms with E-state index in [1.54, 1.807) is 22.9 Å². The number of rotatable bonds is 5. The third-order valence-corrected chi connectivity index (χ3v) is 4.97. The van der Waals surface area contributed by atoms with Crippen LogP contribution in [-0.4, -0.2) is 24.8 Å². The number of nitrogens with zero attached hydrogens (tertiary/aromatic N) is 4. The fourth-order valence-electron chi connectivity index (χ4n) is 2.97. The van der Waals surface area contributed by atoms with Crippen LogP contribution in [0.15, 0.2) is 49.3 Å². The molecule has 0 fully saturated rings. The molecule has 0 aliphatic rings. The Bertz CT molecular complexity index is 1250. The van der Waals surface area contributed by atoms with E-state index < -0.39 is 5.82 Å². The SMILES string of the molecule is C=CC(=O)Nc1ccc2c(c1)c(C)cn2-c1nc(Nc2cc(C)sn2)ncc1F. The van der Waals surface area contributed by atoms with Gasteiger partial charge in [0, 0.05) is 22.1 Å². The van der Waals surface area contributed by atoms with Gasteiger partial charge in [0.1, 0.15) is 5.82 Å². The highest BCUT2D eigenvalue weighted by Crippen LogP contribution is 2.28. The van der Waals surface area contributed by atoms with Crippen molar-refractivity contribution in [2.24, 2.45) is 0 Å². The van der Waals surface area contributed by atoms with E-state index in [1.807, 2.05) is 26.0 Å². The van der Waals surface area contributed by atoms with E-state index in [-0.39, 0.29) is 17.7 Å². The first-order chi connectivity index (χ1) is 13.9. The fraction of sp³-hybridized carbons (Fsp3) is 0.100. The van der Waals surface area contributed by atoms with Crippen molar-refractivity contribution in [3.05, 3.63) is 65.6 Å². The highest BCUT2D eigenvalue weighted by atomic mass is 32.1. The number of amides is 1. The summed E-state index contributed by atoms with van der Waals surface area (Å²) in [4.78, 5) is 20.9. The summed E-state index contributed by atoms with van der Waals surface area (Å²) in [6, 6.07) is 7.25. The summed E-state index contributed by atoms with van der Waals surface area (Å²) in [5.74, 6) is 0.139.